The van der Waals surface area contributed by atoms with E-state index in [1.165, 1.54) is 22.3 Å². The predicted molar refractivity (Wildman–Crippen MR) is 124 cm³/mol. The Balaban J connectivity index is 1.68. The maximum absolute atomic E-state index is 5.59. The van der Waals surface area contributed by atoms with Crippen molar-refractivity contribution in [3.05, 3.63) is 63.4 Å². The fourth-order valence-electron chi connectivity index (χ4n) is 4.22. The second-order valence-electron chi connectivity index (χ2n) is 8.42. The van der Waals surface area contributed by atoms with E-state index in [1.54, 1.807) is 0 Å². The topological polar surface area (TPSA) is 46.1 Å². The number of rotatable bonds is 5. The Kier molecular flexibility index (Phi) is 6.18. The molecule has 0 saturated carbocycles. The molecule has 1 aromatic heterocycles. The maximum atomic E-state index is 5.59. The lowest BCUT2D eigenvalue weighted by Gasteiger charge is -2.26. The third-order valence-corrected chi connectivity index (χ3v) is 6.13. The van der Waals surface area contributed by atoms with E-state index < -0.39 is 0 Å². The van der Waals surface area contributed by atoms with Crippen LogP contribution in [0, 0.1) is 18.6 Å². The van der Waals surface area contributed by atoms with Crippen LogP contribution < -0.4 is 0 Å². The molecule has 2 heterocycles. The van der Waals surface area contributed by atoms with Crippen molar-refractivity contribution in [2.75, 3.05) is 26.3 Å². The number of ether oxygens (including phenoxy) is 1. The van der Waals surface area contributed by atoms with E-state index in [4.69, 9.17) is 17.0 Å². The number of H-pyrrole nitrogens is 1. The van der Waals surface area contributed by atoms with Crippen LogP contribution >= 0.6 is 12.2 Å². The van der Waals surface area contributed by atoms with Gasteiger partial charge in [0.1, 0.15) is 0 Å². The molecule has 0 radical (unpaired) electrons. The molecule has 30 heavy (non-hydrogen) atoms. The van der Waals surface area contributed by atoms with E-state index in [0.29, 0.717) is 10.7 Å². The van der Waals surface area contributed by atoms with Crippen molar-refractivity contribution < 1.29 is 4.74 Å². The molecule has 4 rings (SSSR count). The largest absolute Gasteiger partial charge is 0.379 e. The molecule has 1 aliphatic rings. The number of aryl methyl sites for hydroxylation is 2. The van der Waals surface area contributed by atoms with Crippen LogP contribution in [-0.4, -0.2) is 46.0 Å². The van der Waals surface area contributed by atoms with Gasteiger partial charge in [-0.15, -0.1) is 0 Å². The number of aromatic amines is 1. The molecule has 1 N–H and O–H groups in total. The van der Waals surface area contributed by atoms with Gasteiger partial charge in [-0.1, -0.05) is 32.0 Å². The van der Waals surface area contributed by atoms with Crippen molar-refractivity contribution in [2.24, 2.45) is 0 Å². The first-order valence-electron chi connectivity index (χ1n) is 10.6. The Morgan fingerprint density at radius 2 is 1.77 bits per heavy atom. The van der Waals surface area contributed by atoms with Gasteiger partial charge in [0.2, 0.25) is 0 Å². The van der Waals surface area contributed by atoms with Crippen molar-refractivity contribution in [3.63, 3.8) is 0 Å². The maximum Gasteiger partial charge on any atom is 0.200 e. The van der Waals surface area contributed by atoms with Crippen LogP contribution in [-0.2, 0) is 11.3 Å². The average molecular weight is 423 g/mol. The van der Waals surface area contributed by atoms with Gasteiger partial charge in [-0.3, -0.25) is 14.6 Å². The SMILES string of the molecule is Cc1cc(C)c(C(C)C)cc1-c1n[nH]c(=S)n1-c1ccc(CN2CCOCC2)cc1. The van der Waals surface area contributed by atoms with Crippen molar-refractivity contribution in [3.8, 4) is 17.1 Å². The Morgan fingerprint density at radius 1 is 1.07 bits per heavy atom. The van der Waals surface area contributed by atoms with Crippen LogP contribution in [0.25, 0.3) is 17.1 Å². The second kappa shape index (κ2) is 8.84. The summed E-state index contributed by atoms with van der Waals surface area (Å²) in [6.07, 6.45) is 0. The van der Waals surface area contributed by atoms with E-state index in [2.05, 4.69) is 79.2 Å². The highest BCUT2D eigenvalue weighted by molar-refractivity contribution is 7.71. The van der Waals surface area contributed by atoms with Gasteiger partial charge in [0.05, 0.1) is 13.2 Å². The zero-order valence-corrected chi connectivity index (χ0v) is 19.1. The van der Waals surface area contributed by atoms with E-state index in [0.717, 1.165) is 49.9 Å². The third-order valence-electron chi connectivity index (χ3n) is 5.85. The summed E-state index contributed by atoms with van der Waals surface area (Å²) in [5.41, 5.74) is 7.31. The fraction of sp³-hybridized carbons (Fsp3) is 0.417. The minimum absolute atomic E-state index is 0.458. The van der Waals surface area contributed by atoms with E-state index in [-0.39, 0.29) is 0 Å². The molecule has 2 aromatic carbocycles. The van der Waals surface area contributed by atoms with Crippen molar-refractivity contribution in [2.45, 2.75) is 40.2 Å². The van der Waals surface area contributed by atoms with E-state index in [9.17, 15) is 0 Å². The molecule has 1 aliphatic heterocycles. The Labute approximate surface area is 183 Å². The summed E-state index contributed by atoms with van der Waals surface area (Å²) in [6, 6.07) is 13.2. The molecule has 5 nitrogen and oxygen atoms in total. The molecule has 0 atom stereocenters. The van der Waals surface area contributed by atoms with Crippen LogP contribution in [0.4, 0.5) is 0 Å². The normalized spacial score (nSPS) is 15.1. The molecule has 1 fully saturated rings. The van der Waals surface area contributed by atoms with Crippen molar-refractivity contribution in [1.29, 1.82) is 0 Å². The summed E-state index contributed by atoms with van der Waals surface area (Å²) in [4.78, 5) is 2.43. The molecular formula is C24H30N4OS. The fourth-order valence-corrected chi connectivity index (χ4v) is 4.45. The quantitative estimate of drug-likeness (QED) is 0.576. The number of nitrogens with one attached hydrogen (secondary N) is 1. The molecule has 3 aromatic rings. The Hall–Kier alpha value is -2.28. The standard InChI is InChI=1S/C24H30N4OS/c1-16(2)21-14-22(18(4)13-17(21)3)23-25-26-24(30)28(23)20-7-5-19(6-8-20)15-27-9-11-29-12-10-27/h5-8,13-14,16H,9-12,15H2,1-4H3,(H,26,30). The summed E-state index contributed by atoms with van der Waals surface area (Å²) >= 11 is 5.59. The van der Waals surface area contributed by atoms with Crippen molar-refractivity contribution >= 4 is 12.2 Å². The zero-order chi connectivity index (χ0) is 21.3. The van der Waals surface area contributed by atoms with Gasteiger partial charge >= 0.3 is 0 Å². The van der Waals surface area contributed by atoms with Crippen LogP contribution in [0.15, 0.2) is 36.4 Å². The van der Waals surface area contributed by atoms with Crippen LogP contribution in [0.5, 0.6) is 0 Å². The van der Waals surface area contributed by atoms with Crippen LogP contribution in [0.3, 0.4) is 0 Å². The van der Waals surface area contributed by atoms with Gasteiger partial charge in [-0.2, -0.15) is 5.10 Å². The summed E-state index contributed by atoms with van der Waals surface area (Å²) < 4.78 is 8.09. The number of hydrogen-bond acceptors (Lipinski definition) is 4. The summed E-state index contributed by atoms with van der Waals surface area (Å²) in [6.45, 7) is 13.3. The highest BCUT2D eigenvalue weighted by Crippen LogP contribution is 2.30. The smallest absolute Gasteiger partial charge is 0.200 e. The van der Waals surface area contributed by atoms with Gasteiger partial charge in [-0.25, -0.2) is 0 Å². The molecule has 1 saturated heterocycles. The summed E-state index contributed by atoms with van der Waals surface area (Å²) in [5, 5.41) is 7.59. The first-order chi connectivity index (χ1) is 14.4. The molecule has 0 unspecified atom stereocenters. The number of hydrogen-bond donors (Lipinski definition) is 1. The summed E-state index contributed by atoms with van der Waals surface area (Å²) in [5.74, 6) is 1.32. The minimum Gasteiger partial charge on any atom is -0.379 e. The molecule has 0 amide bonds. The molecule has 158 valence electrons. The molecule has 6 heteroatoms. The Bertz CT molecular complexity index is 1080. The van der Waals surface area contributed by atoms with E-state index >= 15 is 0 Å². The van der Waals surface area contributed by atoms with Gasteiger partial charge < -0.3 is 4.74 Å². The monoisotopic (exact) mass is 422 g/mol. The predicted octanol–water partition coefficient (Wildman–Crippen LogP) is 5.17. The van der Waals surface area contributed by atoms with Gasteiger partial charge in [0, 0.05) is 30.9 Å². The first-order valence-corrected chi connectivity index (χ1v) is 11.0. The first kappa shape index (κ1) is 21.0. The van der Waals surface area contributed by atoms with Gasteiger partial charge in [0.25, 0.3) is 0 Å². The molecule has 0 spiro atoms. The second-order valence-corrected chi connectivity index (χ2v) is 8.81. The van der Waals surface area contributed by atoms with Crippen LogP contribution in [0.2, 0.25) is 0 Å². The third kappa shape index (κ3) is 4.26. The number of nitrogens with zero attached hydrogens (tertiary/aromatic N) is 3. The highest BCUT2D eigenvalue weighted by Gasteiger charge is 2.16. The summed E-state index contributed by atoms with van der Waals surface area (Å²) in [7, 11) is 0. The zero-order valence-electron chi connectivity index (χ0n) is 18.2. The van der Waals surface area contributed by atoms with E-state index in [1.807, 2.05) is 4.57 Å². The van der Waals surface area contributed by atoms with Gasteiger partial charge in [0.15, 0.2) is 10.6 Å². The van der Waals surface area contributed by atoms with Gasteiger partial charge in [-0.05, 0) is 72.4 Å². The minimum atomic E-state index is 0.458. The molecule has 0 aliphatic carbocycles. The lowest BCUT2D eigenvalue weighted by atomic mass is 9.93. The number of morpholine rings is 1. The average Bonchev–Trinajstić information content (AvgIpc) is 3.10. The lowest BCUT2D eigenvalue weighted by molar-refractivity contribution is 0.0342. The Morgan fingerprint density at radius 3 is 2.43 bits per heavy atom. The lowest BCUT2D eigenvalue weighted by Crippen LogP contribution is -2.35. The van der Waals surface area contributed by atoms with Crippen molar-refractivity contribution in [1.82, 2.24) is 19.7 Å². The number of aromatic nitrogens is 3. The highest BCUT2D eigenvalue weighted by atomic mass is 32.1. The van der Waals surface area contributed by atoms with Crippen LogP contribution in [0.1, 0.15) is 42.0 Å². The number of benzene rings is 2. The molecular weight excluding hydrogens is 392 g/mol. The molecule has 0 bridgehead atoms.